The van der Waals surface area contributed by atoms with E-state index in [0.29, 0.717) is 5.69 Å². The normalized spacial score (nSPS) is 11.8. The van der Waals surface area contributed by atoms with Crippen LogP contribution >= 0.6 is 11.6 Å². The Hall–Kier alpha value is -1.53. The Balaban J connectivity index is 2.47. The van der Waals surface area contributed by atoms with Gasteiger partial charge in [-0.25, -0.2) is 4.68 Å². The van der Waals surface area contributed by atoms with Crippen LogP contribution in [0.3, 0.4) is 0 Å². The van der Waals surface area contributed by atoms with Gasteiger partial charge in [0.05, 0.1) is 22.0 Å². The average Bonchev–Trinajstić information content (AvgIpc) is 2.76. The predicted octanol–water partition coefficient (Wildman–Crippen LogP) is 3.00. The first-order valence-corrected chi connectivity index (χ1v) is 5.41. The topological polar surface area (TPSA) is 43.8 Å². The molecule has 0 radical (unpaired) electrons. The van der Waals surface area contributed by atoms with E-state index in [1.54, 1.807) is 12.3 Å². The summed E-state index contributed by atoms with van der Waals surface area (Å²) in [6.45, 7) is 0.229. The van der Waals surface area contributed by atoms with Crippen molar-refractivity contribution in [1.29, 1.82) is 0 Å². The molecule has 2 N–H and O–H groups in total. The van der Waals surface area contributed by atoms with Crippen LogP contribution in [0.5, 0.6) is 0 Å². The molecule has 0 aliphatic rings. The molecule has 2 rings (SSSR count). The third kappa shape index (κ3) is 2.49. The summed E-state index contributed by atoms with van der Waals surface area (Å²) in [6.07, 6.45) is -2.94. The van der Waals surface area contributed by atoms with E-state index in [2.05, 4.69) is 5.10 Å². The second-order valence-electron chi connectivity index (χ2n) is 3.62. The lowest BCUT2D eigenvalue weighted by atomic mass is 10.2. The largest absolute Gasteiger partial charge is 0.417 e. The maximum absolute atomic E-state index is 12.7. The standard InChI is InChI=1S/C11H9ClF3N3/c12-10-2-1-8(5-9(10)11(13,14)15)18-4-3-7(6-16)17-18/h1-5H,6,16H2. The molecule has 3 nitrogen and oxygen atoms in total. The zero-order valence-corrected chi connectivity index (χ0v) is 9.83. The number of hydrogen-bond acceptors (Lipinski definition) is 2. The summed E-state index contributed by atoms with van der Waals surface area (Å²) in [4.78, 5) is 0. The first-order valence-electron chi connectivity index (χ1n) is 5.03. The fourth-order valence-electron chi connectivity index (χ4n) is 1.49. The maximum atomic E-state index is 12.7. The Labute approximate surface area is 106 Å². The Morgan fingerprint density at radius 2 is 2.00 bits per heavy atom. The van der Waals surface area contributed by atoms with Crippen molar-refractivity contribution >= 4 is 11.6 Å². The van der Waals surface area contributed by atoms with Crippen molar-refractivity contribution in [2.24, 2.45) is 5.73 Å². The van der Waals surface area contributed by atoms with Gasteiger partial charge in [-0.15, -0.1) is 0 Å². The minimum absolute atomic E-state index is 0.229. The number of nitrogens with two attached hydrogens (primary N) is 1. The molecule has 1 heterocycles. The minimum Gasteiger partial charge on any atom is -0.325 e. The van der Waals surface area contributed by atoms with E-state index in [4.69, 9.17) is 17.3 Å². The second-order valence-corrected chi connectivity index (χ2v) is 4.02. The number of halogens is 4. The van der Waals surface area contributed by atoms with Crippen LogP contribution in [0.15, 0.2) is 30.5 Å². The molecule has 0 aliphatic carbocycles. The van der Waals surface area contributed by atoms with Gasteiger partial charge in [0.25, 0.3) is 0 Å². The minimum atomic E-state index is -4.49. The van der Waals surface area contributed by atoms with Gasteiger partial charge < -0.3 is 5.73 Å². The predicted molar refractivity (Wildman–Crippen MR) is 61.5 cm³/mol. The molecule has 0 saturated heterocycles. The van der Waals surface area contributed by atoms with E-state index < -0.39 is 11.7 Å². The summed E-state index contributed by atoms with van der Waals surface area (Å²) >= 11 is 5.53. The molecule has 0 atom stereocenters. The fourth-order valence-corrected chi connectivity index (χ4v) is 1.71. The Morgan fingerprint density at radius 1 is 1.28 bits per heavy atom. The van der Waals surface area contributed by atoms with Crippen molar-refractivity contribution in [2.75, 3.05) is 0 Å². The number of alkyl halides is 3. The molecule has 0 spiro atoms. The number of hydrogen-bond donors (Lipinski definition) is 1. The second kappa shape index (κ2) is 4.62. The van der Waals surface area contributed by atoms with Crippen LogP contribution in [-0.4, -0.2) is 9.78 Å². The van der Waals surface area contributed by atoms with Crippen LogP contribution in [0.4, 0.5) is 13.2 Å². The van der Waals surface area contributed by atoms with Crippen LogP contribution in [0.1, 0.15) is 11.3 Å². The van der Waals surface area contributed by atoms with Crippen molar-refractivity contribution in [3.63, 3.8) is 0 Å². The lowest BCUT2D eigenvalue weighted by molar-refractivity contribution is -0.137. The Kier molecular flexibility index (Phi) is 3.32. The summed E-state index contributed by atoms with van der Waals surface area (Å²) in [5.41, 5.74) is 5.38. The molecular weight excluding hydrogens is 267 g/mol. The number of aromatic nitrogens is 2. The molecule has 2 aromatic rings. The third-order valence-electron chi connectivity index (χ3n) is 2.37. The Bertz CT molecular complexity index is 563. The fraction of sp³-hybridized carbons (Fsp3) is 0.182. The molecule has 7 heteroatoms. The van der Waals surface area contributed by atoms with Gasteiger partial charge in [0.1, 0.15) is 0 Å². The SMILES string of the molecule is NCc1ccn(-c2ccc(Cl)c(C(F)(F)F)c2)n1. The monoisotopic (exact) mass is 275 g/mol. The molecule has 0 aliphatic heterocycles. The van der Waals surface area contributed by atoms with Crippen molar-refractivity contribution < 1.29 is 13.2 Å². The summed E-state index contributed by atoms with van der Waals surface area (Å²) in [6, 6.07) is 5.26. The maximum Gasteiger partial charge on any atom is 0.417 e. The molecule has 0 fully saturated rings. The molecule has 0 saturated carbocycles. The molecule has 0 amide bonds. The van der Waals surface area contributed by atoms with Crippen LogP contribution in [0, 0.1) is 0 Å². The van der Waals surface area contributed by atoms with E-state index in [9.17, 15) is 13.2 Å². The van der Waals surface area contributed by atoms with Gasteiger partial charge in [-0.2, -0.15) is 18.3 Å². The highest BCUT2D eigenvalue weighted by molar-refractivity contribution is 6.31. The molecule has 0 unspecified atom stereocenters. The lowest BCUT2D eigenvalue weighted by Gasteiger charge is -2.10. The van der Waals surface area contributed by atoms with Gasteiger partial charge in [0, 0.05) is 12.7 Å². The van der Waals surface area contributed by atoms with Gasteiger partial charge in [-0.05, 0) is 24.3 Å². The quantitative estimate of drug-likeness (QED) is 0.916. The van der Waals surface area contributed by atoms with Gasteiger partial charge in [-0.3, -0.25) is 0 Å². The summed E-state index contributed by atoms with van der Waals surface area (Å²) in [5.74, 6) is 0. The van der Waals surface area contributed by atoms with Gasteiger partial charge >= 0.3 is 6.18 Å². The van der Waals surface area contributed by atoms with E-state index >= 15 is 0 Å². The highest BCUT2D eigenvalue weighted by Crippen LogP contribution is 2.35. The number of rotatable bonds is 2. The van der Waals surface area contributed by atoms with E-state index in [1.165, 1.54) is 16.8 Å². The third-order valence-corrected chi connectivity index (χ3v) is 2.70. The molecule has 1 aromatic carbocycles. The summed E-state index contributed by atoms with van der Waals surface area (Å²) in [5, 5.41) is 3.70. The molecule has 96 valence electrons. The molecule has 18 heavy (non-hydrogen) atoms. The highest BCUT2D eigenvalue weighted by atomic mass is 35.5. The molecule has 1 aromatic heterocycles. The van der Waals surface area contributed by atoms with Gasteiger partial charge in [0.2, 0.25) is 0 Å². The van der Waals surface area contributed by atoms with Crippen molar-refractivity contribution in [1.82, 2.24) is 9.78 Å². The van der Waals surface area contributed by atoms with E-state index in [0.717, 1.165) is 6.07 Å². The van der Waals surface area contributed by atoms with Crippen molar-refractivity contribution in [3.8, 4) is 5.69 Å². The average molecular weight is 276 g/mol. The highest BCUT2D eigenvalue weighted by Gasteiger charge is 2.33. The first-order chi connectivity index (χ1) is 8.41. The van der Waals surface area contributed by atoms with Crippen molar-refractivity contribution in [2.45, 2.75) is 12.7 Å². The van der Waals surface area contributed by atoms with Gasteiger partial charge in [-0.1, -0.05) is 11.6 Å². The lowest BCUT2D eigenvalue weighted by Crippen LogP contribution is -2.08. The van der Waals surface area contributed by atoms with Crippen LogP contribution < -0.4 is 5.73 Å². The molecule has 0 bridgehead atoms. The van der Waals surface area contributed by atoms with Gasteiger partial charge in [0.15, 0.2) is 0 Å². The number of nitrogens with zero attached hydrogens (tertiary/aromatic N) is 2. The van der Waals surface area contributed by atoms with E-state index in [1.807, 2.05) is 0 Å². The molecular formula is C11H9ClF3N3. The van der Waals surface area contributed by atoms with Crippen LogP contribution in [0.2, 0.25) is 5.02 Å². The zero-order chi connectivity index (χ0) is 13.3. The zero-order valence-electron chi connectivity index (χ0n) is 9.08. The summed E-state index contributed by atoms with van der Waals surface area (Å²) < 4.78 is 39.4. The number of benzene rings is 1. The summed E-state index contributed by atoms with van der Waals surface area (Å²) in [7, 11) is 0. The van der Waals surface area contributed by atoms with Crippen LogP contribution in [0.25, 0.3) is 5.69 Å². The smallest absolute Gasteiger partial charge is 0.325 e. The van der Waals surface area contributed by atoms with Crippen molar-refractivity contribution in [3.05, 3.63) is 46.7 Å². The van der Waals surface area contributed by atoms with E-state index in [-0.39, 0.29) is 17.3 Å². The Morgan fingerprint density at radius 3 is 2.56 bits per heavy atom. The van der Waals surface area contributed by atoms with Crippen LogP contribution in [-0.2, 0) is 12.7 Å². The first kappa shape index (κ1) is 12.9.